The van der Waals surface area contributed by atoms with E-state index in [1.807, 2.05) is 0 Å². The highest BCUT2D eigenvalue weighted by molar-refractivity contribution is 5.98. The summed E-state index contributed by atoms with van der Waals surface area (Å²) in [6, 6.07) is 1.34. The number of carbonyl (C=O) groups is 1. The summed E-state index contributed by atoms with van der Waals surface area (Å²) in [5.74, 6) is -0.896. The Hall–Kier alpha value is -1.87. The Bertz CT molecular complexity index is 692. The van der Waals surface area contributed by atoms with Crippen molar-refractivity contribution in [2.24, 2.45) is 11.7 Å². The molecule has 1 amide bonds. The first kappa shape index (κ1) is 20.9. The lowest BCUT2D eigenvalue weighted by Crippen LogP contribution is -2.54. The normalized spacial score (nSPS) is 24.4. The van der Waals surface area contributed by atoms with Crippen molar-refractivity contribution in [1.82, 2.24) is 10.3 Å². The third-order valence-corrected chi connectivity index (χ3v) is 5.78. The molecular weight excluding hydrogens is 373 g/mol. The van der Waals surface area contributed by atoms with E-state index >= 15 is 0 Å². The number of amides is 1. The summed E-state index contributed by atoms with van der Waals surface area (Å²) in [5, 5.41) is 13.5. The third-order valence-electron chi connectivity index (χ3n) is 5.78. The van der Waals surface area contributed by atoms with Gasteiger partial charge in [-0.1, -0.05) is 19.3 Å². The number of halogens is 3. The molecule has 2 atom stereocenters. The van der Waals surface area contributed by atoms with E-state index < -0.39 is 17.6 Å². The summed E-state index contributed by atoms with van der Waals surface area (Å²) >= 11 is 0. The minimum Gasteiger partial charge on any atom is -0.396 e. The van der Waals surface area contributed by atoms with Crippen LogP contribution in [-0.4, -0.2) is 47.8 Å². The number of nitrogens with two attached hydrogens (primary N) is 1. The lowest BCUT2D eigenvalue weighted by atomic mass is 9.89. The molecule has 1 aliphatic heterocycles. The Morgan fingerprint density at radius 3 is 2.61 bits per heavy atom. The van der Waals surface area contributed by atoms with Crippen molar-refractivity contribution in [2.75, 3.05) is 24.6 Å². The maximum Gasteiger partial charge on any atom is 0.417 e. The number of aliphatic hydroxyl groups excluding tert-OH is 1. The standard InChI is InChI=1S/C19H27F3N4O2/c20-19(21,22)13-8-15(17(23)28)18(24-9-13)26-7-6-16(12(10-26)11-27)25-14-4-2-1-3-5-14/h8-9,12,14,16,25,27H,1-7,10-11H2,(H2,23,28). The van der Waals surface area contributed by atoms with Gasteiger partial charge in [0.1, 0.15) is 5.82 Å². The monoisotopic (exact) mass is 400 g/mol. The lowest BCUT2D eigenvalue weighted by molar-refractivity contribution is -0.137. The van der Waals surface area contributed by atoms with E-state index in [0.29, 0.717) is 25.6 Å². The van der Waals surface area contributed by atoms with Crippen molar-refractivity contribution >= 4 is 11.7 Å². The van der Waals surface area contributed by atoms with Crippen LogP contribution in [0.3, 0.4) is 0 Å². The van der Waals surface area contributed by atoms with Crippen molar-refractivity contribution in [3.63, 3.8) is 0 Å². The quantitative estimate of drug-likeness (QED) is 0.706. The van der Waals surface area contributed by atoms with Gasteiger partial charge < -0.3 is 21.1 Å². The molecule has 4 N–H and O–H groups in total. The maximum atomic E-state index is 12.9. The van der Waals surface area contributed by atoms with Gasteiger partial charge in [-0.25, -0.2) is 4.98 Å². The van der Waals surface area contributed by atoms with Crippen LogP contribution in [0.15, 0.2) is 12.3 Å². The minimum atomic E-state index is -4.60. The Morgan fingerprint density at radius 2 is 2.00 bits per heavy atom. The fourth-order valence-corrected chi connectivity index (χ4v) is 4.25. The van der Waals surface area contributed by atoms with Crippen molar-refractivity contribution in [3.05, 3.63) is 23.4 Å². The molecular formula is C19H27F3N4O2. The predicted octanol–water partition coefficient (Wildman–Crippen LogP) is 2.31. The second-order valence-corrected chi connectivity index (χ2v) is 7.74. The Labute approximate surface area is 162 Å². The van der Waals surface area contributed by atoms with Crippen LogP contribution in [0.5, 0.6) is 0 Å². The van der Waals surface area contributed by atoms with E-state index in [1.165, 1.54) is 19.3 Å². The van der Waals surface area contributed by atoms with E-state index in [1.54, 1.807) is 4.90 Å². The summed E-state index contributed by atoms with van der Waals surface area (Å²) in [5.41, 5.74) is 4.07. The van der Waals surface area contributed by atoms with Crippen LogP contribution in [0, 0.1) is 5.92 Å². The molecule has 2 heterocycles. The molecule has 1 aliphatic carbocycles. The molecule has 2 unspecified atom stereocenters. The SMILES string of the molecule is NC(=O)c1cc(C(F)(F)F)cnc1N1CCC(NC2CCCCC2)C(CO)C1. The number of piperidine rings is 1. The Balaban J connectivity index is 1.75. The van der Waals surface area contributed by atoms with Gasteiger partial charge in [0.05, 0.1) is 11.1 Å². The number of aliphatic hydroxyl groups is 1. The van der Waals surface area contributed by atoms with Crippen LogP contribution >= 0.6 is 0 Å². The Morgan fingerprint density at radius 1 is 1.29 bits per heavy atom. The molecule has 0 aromatic carbocycles. The molecule has 6 nitrogen and oxygen atoms in total. The zero-order valence-corrected chi connectivity index (χ0v) is 15.7. The number of primary amides is 1. The van der Waals surface area contributed by atoms with Crippen LogP contribution < -0.4 is 16.0 Å². The summed E-state index contributed by atoms with van der Waals surface area (Å²) in [6.45, 7) is 0.881. The number of pyridine rings is 1. The number of nitrogens with one attached hydrogen (secondary N) is 1. The molecule has 2 aliphatic rings. The van der Waals surface area contributed by atoms with Gasteiger partial charge in [0.25, 0.3) is 5.91 Å². The van der Waals surface area contributed by atoms with Crippen LogP contribution in [0.25, 0.3) is 0 Å². The highest BCUT2D eigenvalue weighted by Crippen LogP contribution is 2.33. The molecule has 0 spiro atoms. The van der Waals surface area contributed by atoms with Crippen LogP contribution in [0.4, 0.5) is 19.0 Å². The molecule has 156 valence electrons. The Kier molecular flexibility index (Phi) is 6.44. The summed E-state index contributed by atoms with van der Waals surface area (Å²) in [6.07, 6.45) is 2.77. The lowest BCUT2D eigenvalue weighted by Gasteiger charge is -2.41. The average Bonchev–Trinajstić information content (AvgIpc) is 2.68. The van der Waals surface area contributed by atoms with Gasteiger partial charge in [0, 0.05) is 43.9 Å². The molecule has 0 radical (unpaired) electrons. The van der Waals surface area contributed by atoms with Gasteiger partial charge in [-0.05, 0) is 25.3 Å². The maximum absolute atomic E-state index is 12.9. The summed E-state index contributed by atoms with van der Waals surface area (Å²) in [7, 11) is 0. The van der Waals surface area contributed by atoms with Crippen LogP contribution in [-0.2, 0) is 6.18 Å². The fraction of sp³-hybridized carbons (Fsp3) is 0.684. The van der Waals surface area contributed by atoms with Gasteiger partial charge in [0.2, 0.25) is 0 Å². The zero-order chi connectivity index (χ0) is 20.3. The second kappa shape index (κ2) is 8.65. The van der Waals surface area contributed by atoms with Crippen molar-refractivity contribution < 1.29 is 23.1 Å². The number of hydrogen-bond donors (Lipinski definition) is 3. The molecule has 1 saturated carbocycles. The highest BCUT2D eigenvalue weighted by atomic mass is 19.4. The molecule has 1 saturated heterocycles. The number of carbonyl (C=O) groups excluding carboxylic acids is 1. The van der Waals surface area contributed by atoms with Gasteiger partial charge >= 0.3 is 6.18 Å². The van der Waals surface area contributed by atoms with Crippen molar-refractivity contribution in [2.45, 2.75) is 56.8 Å². The van der Waals surface area contributed by atoms with Gasteiger partial charge in [-0.15, -0.1) is 0 Å². The van der Waals surface area contributed by atoms with Crippen molar-refractivity contribution in [3.8, 4) is 0 Å². The fourth-order valence-electron chi connectivity index (χ4n) is 4.25. The first-order valence-corrected chi connectivity index (χ1v) is 9.78. The number of alkyl halides is 3. The van der Waals surface area contributed by atoms with Crippen LogP contribution in [0.1, 0.15) is 54.4 Å². The topological polar surface area (TPSA) is 91.5 Å². The number of nitrogens with zero attached hydrogens (tertiary/aromatic N) is 2. The molecule has 9 heteroatoms. The first-order valence-electron chi connectivity index (χ1n) is 9.78. The number of anilines is 1. The molecule has 1 aromatic heterocycles. The van der Waals surface area contributed by atoms with E-state index in [2.05, 4.69) is 10.3 Å². The highest BCUT2D eigenvalue weighted by Gasteiger charge is 2.35. The van der Waals surface area contributed by atoms with Gasteiger partial charge in [0.15, 0.2) is 0 Å². The molecule has 28 heavy (non-hydrogen) atoms. The average molecular weight is 400 g/mol. The molecule has 0 bridgehead atoms. The summed E-state index contributed by atoms with van der Waals surface area (Å²) < 4.78 is 38.8. The number of hydrogen-bond acceptors (Lipinski definition) is 5. The molecule has 3 rings (SSSR count). The predicted molar refractivity (Wildman–Crippen MR) is 99.0 cm³/mol. The van der Waals surface area contributed by atoms with E-state index in [0.717, 1.165) is 25.1 Å². The molecule has 2 fully saturated rings. The summed E-state index contributed by atoms with van der Waals surface area (Å²) in [4.78, 5) is 17.4. The van der Waals surface area contributed by atoms with Gasteiger partial charge in [-0.2, -0.15) is 13.2 Å². The largest absolute Gasteiger partial charge is 0.417 e. The molecule has 1 aromatic rings. The van der Waals surface area contributed by atoms with Crippen LogP contribution in [0.2, 0.25) is 0 Å². The third kappa shape index (κ3) is 4.75. The number of rotatable bonds is 5. The van der Waals surface area contributed by atoms with Gasteiger partial charge in [-0.3, -0.25) is 4.79 Å². The van der Waals surface area contributed by atoms with E-state index in [4.69, 9.17) is 5.73 Å². The second-order valence-electron chi connectivity index (χ2n) is 7.74. The van der Waals surface area contributed by atoms with E-state index in [9.17, 15) is 23.1 Å². The smallest absolute Gasteiger partial charge is 0.396 e. The zero-order valence-electron chi connectivity index (χ0n) is 15.7. The minimum absolute atomic E-state index is 0.0482. The van der Waals surface area contributed by atoms with Crippen molar-refractivity contribution in [1.29, 1.82) is 0 Å². The number of aromatic nitrogens is 1. The first-order chi connectivity index (χ1) is 13.3. The van der Waals surface area contributed by atoms with E-state index in [-0.39, 0.29) is 29.9 Å².